The van der Waals surface area contributed by atoms with Gasteiger partial charge in [-0.15, -0.1) is 0 Å². The monoisotopic (exact) mass is 400 g/mol. The molecule has 0 aliphatic heterocycles. The number of rotatable bonds is 5. The predicted molar refractivity (Wildman–Crippen MR) is 109 cm³/mol. The second kappa shape index (κ2) is 8.50. The van der Waals surface area contributed by atoms with Gasteiger partial charge in [-0.05, 0) is 52.2 Å². The largest absolute Gasteiger partial charge is 0.446 e. The van der Waals surface area contributed by atoms with Crippen LogP contribution in [0.2, 0.25) is 0 Å². The Balaban J connectivity index is 1.57. The van der Waals surface area contributed by atoms with Gasteiger partial charge < -0.3 is 20.7 Å². The molecule has 156 valence electrons. The van der Waals surface area contributed by atoms with Gasteiger partial charge in [0.2, 0.25) is 0 Å². The first-order valence-corrected chi connectivity index (χ1v) is 9.73. The molecule has 2 aromatic rings. The molecule has 0 spiro atoms. The Morgan fingerprint density at radius 3 is 2.72 bits per heavy atom. The summed E-state index contributed by atoms with van der Waals surface area (Å²) in [5.41, 5.74) is 1.18. The molecule has 1 fully saturated rings. The second-order valence-electron chi connectivity index (χ2n) is 8.25. The molecule has 2 atom stereocenters. The van der Waals surface area contributed by atoms with E-state index in [-0.39, 0.29) is 29.6 Å². The molecule has 0 radical (unpaired) electrons. The van der Waals surface area contributed by atoms with Crippen molar-refractivity contribution >= 4 is 23.6 Å². The van der Waals surface area contributed by atoms with Crippen molar-refractivity contribution in [1.29, 1.82) is 0 Å². The van der Waals surface area contributed by atoms with Crippen molar-refractivity contribution < 1.29 is 14.3 Å². The molecule has 1 aliphatic carbocycles. The number of alkyl carbamates (subject to hydrolysis) is 1. The van der Waals surface area contributed by atoms with Crippen LogP contribution >= 0.6 is 0 Å². The van der Waals surface area contributed by atoms with Gasteiger partial charge in [0.25, 0.3) is 5.91 Å². The lowest BCUT2D eigenvalue weighted by molar-refractivity contribution is 0.0934. The normalized spacial score (nSPS) is 18.9. The third-order valence-corrected chi connectivity index (χ3v) is 4.68. The topological polar surface area (TPSA) is 121 Å². The fraction of sp³-hybridized carbons (Fsp3) is 0.500. The number of pyridine rings is 1. The van der Waals surface area contributed by atoms with Gasteiger partial charge in [0, 0.05) is 42.0 Å². The summed E-state index contributed by atoms with van der Waals surface area (Å²) in [5, 5.41) is 15.9. The van der Waals surface area contributed by atoms with Gasteiger partial charge in [-0.2, -0.15) is 5.10 Å². The number of carbonyl (C=O) groups excluding carboxylic acids is 2. The number of hydrogen-bond donors (Lipinski definition) is 4. The molecule has 0 bridgehead atoms. The first kappa shape index (κ1) is 20.6. The predicted octanol–water partition coefficient (Wildman–Crippen LogP) is 3.07. The van der Waals surface area contributed by atoms with E-state index in [0.29, 0.717) is 17.2 Å². The van der Waals surface area contributed by atoms with Crippen LogP contribution in [0.5, 0.6) is 0 Å². The first-order valence-electron chi connectivity index (χ1n) is 9.73. The molecular weight excluding hydrogens is 372 g/mol. The Morgan fingerprint density at radius 2 is 2.00 bits per heavy atom. The maximum atomic E-state index is 12.0. The highest BCUT2D eigenvalue weighted by Gasteiger charge is 2.30. The summed E-state index contributed by atoms with van der Waals surface area (Å²) in [6, 6.07) is 5.24. The zero-order valence-corrected chi connectivity index (χ0v) is 17.2. The lowest BCUT2D eigenvalue weighted by Crippen LogP contribution is -2.42. The Morgan fingerprint density at radius 1 is 1.21 bits per heavy atom. The molecule has 1 aliphatic rings. The van der Waals surface area contributed by atoms with Gasteiger partial charge in [-0.25, -0.2) is 9.78 Å². The number of aromatic nitrogens is 3. The Labute approximate surface area is 170 Å². The van der Waals surface area contributed by atoms with Crippen LogP contribution in [-0.2, 0) is 4.74 Å². The van der Waals surface area contributed by atoms with E-state index in [1.54, 1.807) is 25.4 Å². The van der Waals surface area contributed by atoms with E-state index in [9.17, 15) is 9.59 Å². The number of H-pyrrole nitrogens is 1. The Bertz CT molecular complexity index is 873. The van der Waals surface area contributed by atoms with E-state index >= 15 is 0 Å². The zero-order valence-electron chi connectivity index (χ0n) is 17.2. The van der Waals surface area contributed by atoms with E-state index in [0.717, 1.165) is 25.0 Å². The summed E-state index contributed by atoms with van der Waals surface area (Å²) < 4.78 is 5.54. The molecule has 0 aromatic carbocycles. The van der Waals surface area contributed by atoms with E-state index in [2.05, 4.69) is 31.1 Å². The van der Waals surface area contributed by atoms with Crippen molar-refractivity contribution in [3.8, 4) is 0 Å². The fourth-order valence-corrected chi connectivity index (χ4v) is 3.34. The summed E-state index contributed by atoms with van der Waals surface area (Å²) in [7, 11) is 1.58. The van der Waals surface area contributed by atoms with Crippen LogP contribution in [0.15, 0.2) is 24.4 Å². The number of nitrogens with zero attached hydrogens (tertiary/aromatic N) is 2. The summed E-state index contributed by atoms with van der Waals surface area (Å²) in [5.74, 6) is 1.23. The molecular formula is C20H28N6O3. The van der Waals surface area contributed by atoms with Crippen molar-refractivity contribution in [3.05, 3.63) is 35.7 Å². The molecule has 3 rings (SSSR count). The van der Waals surface area contributed by atoms with Crippen LogP contribution in [-0.4, -0.2) is 45.9 Å². The summed E-state index contributed by atoms with van der Waals surface area (Å²) in [6.45, 7) is 5.76. The summed E-state index contributed by atoms with van der Waals surface area (Å²) in [4.78, 5) is 27.9. The molecule has 4 N–H and O–H groups in total. The van der Waals surface area contributed by atoms with Gasteiger partial charge in [-0.1, -0.05) is 0 Å². The van der Waals surface area contributed by atoms with E-state index in [1.165, 1.54) is 0 Å². The molecule has 2 amide bonds. The van der Waals surface area contributed by atoms with Crippen LogP contribution in [0.1, 0.15) is 62.0 Å². The maximum absolute atomic E-state index is 12.0. The molecule has 2 aromatic heterocycles. The highest BCUT2D eigenvalue weighted by atomic mass is 16.6. The highest BCUT2D eigenvalue weighted by molar-refractivity contribution is 5.94. The number of carbonyl (C=O) groups is 2. The summed E-state index contributed by atoms with van der Waals surface area (Å²) >= 11 is 0. The molecule has 1 saturated carbocycles. The average Bonchev–Trinajstić information content (AvgIpc) is 3.29. The Kier molecular flexibility index (Phi) is 6.05. The second-order valence-corrected chi connectivity index (χ2v) is 8.25. The number of hydrogen-bond acceptors (Lipinski definition) is 6. The summed E-state index contributed by atoms with van der Waals surface area (Å²) in [6.07, 6.45) is 3.58. The molecule has 0 saturated heterocycles. The van der Waals surface area contributed by atoms with E-state index < -0.39 is 0 Å². The number of nitrogens with one attached hydrogen (secondary N) is 4. The standard InChI is InChI=1S/C20H28N6O3/c1-20(2,3)24-19(28)29-14-6-5-12(9-14)15-11-17(26-25-15)23-16-10-13(7-8-22-16)18(27)21-4/h7-8,10-12,14H,5-6,9H2,1-4H3,(H,21,27)(H,24,28)(H2,22,23,25,26). The number of aromatic amines is 1. The third-order valence-electron chi connectivity index (χ3n) is 4.68. The molecule has 29 heavy (non-hydrogen) atoms. The minimum Gasteiger partial charge on any atom is -0.446 e. The highest BCUT2D eigenvalue weighted by Crippen LogP contribution is 2.36. The molecule has 9 heteroatoms. The molecule has 2 heterocycles. The van der Waals surface area contributed by atoms with Crippen LogP contribution < -0.4 is 16.0 Å². The SMILES string of the molecule is CNC(=O)c1ccnc(Nc2cc(C3CCC(OC(=O)NC(C)(C)C)C3)[nH]n2)c1. The van der Waals surface area contributed by atoms with E-state index in [4.69, 9.17) is 4.74 Å². The lowest BCUT2D eigenvalue weighted by atomic mass is 10.0. The van der Waals surface area contributed by atoms with E-state index in [1.807, 2.05) is 26.8 Å². The van der Waals surface area contributed by atoms with Gasteiger partial charge in [-0.3, -0.25) is 9.89 Å². The zero-order chi connectivity index (χ0) is 21.0. The fourth-order valence-electron chi connectivity index (χ4n) is 3.34. The minimum absolute atomic E-state index is 0.104. The van der Waals surface area contributed by atoms with Crippen molar-refractivity contribution in [3.63, 3.8) is 0 Å². The first-order chi connectivity index (χ1) is 13.7. The number of anilines is 2. The van der Waals surface area contributed by atoms with Crippen LogP contribution in [0.4, 0.5) is 16.4 Å². The quantitative estimate of drug-likeness (QED) is 0.612. The smallest absolute Gasteiger partial charge is 0.407 e. The minimum atomic E-state index is -0.378. The van der Waals surface area contributed by atoms with Gasteiger partial charge in [0.1, 0.15) is 11.9 Å². The van der Waals surface area contributed by atoms with Gasteiger partial charge in [0.15, 0.2) is 5.82 Å². The van der Waals surface area contributed by atoms with Crippen molar-refractivity contribution in [2.24, 2.45) is 0 Å². The number of amides is 2. The molecule has 9 nitrogen and oxygen atoms in total. The van der Waals surface area contributed by atoms with Crippen LogP contribution in [0.3, 0.4) is 0 Å². The van der Waals surface area contributed by atoms with Gasteiger partial charge >= 0.3 is 6.09 Å². The van der Waals surface area contributed by atoms with Crippen LogP contribution in [0, 0.1) is 0 Å². The van der Waals surface area contributed by atoms with Crippen molar-refractivity contribution in [1.82, 2.24) is 25.8 Å². The van der Waals surface area contributed by atoms with Crippen molar-refractivity contribution in [2.45, 2.75) is 57.6 Å². The molecule has 2 unspecified atom stereocenters. The Hall–Kier alpha value is -3.10. The average molecular weight is 400 g/mol. The van der Waals surface area contributed by atoms with Crippen LogP contribution in [0.25, 0.3) is 0 Å². The number of ether oxygens (including phenoxy) is 1. The van der Waals surface area contributed by atoms with Gasteiger partial charge in [0.05, 0.1) is 0 Å². The third kappa shape index (κ3) is 5.69. The lowest BCUT2D eigenvalue weighted by Gasteiger charge is -2.22. The van der Waals surface area contributed by atoms with Crippen molar-refractivity contribution in [2.75, 3.05) is 12.4 Å². The maximum Gasteiger partial charge on any atom is 0.407 e.